The van der Waals surface area contributed by atoms with Crippen LogP contribution in [-0.2, 0) is 32.2 Å². The molecule has 6 heteroatoms. The van der Waals surface area contributed by atoms with E-state index < -0.39 is 0 Å². The van der Waals surface area contributed by atoms with Crippen molar-refractivity contribution in [2.75, 3.05) is 0 Å². The van der Waals surface area contributed by atoms with Gasteiger partial charge in [0.25, 0.3) is 0 Å². The topological polar surface area (TPSA) is 63.9 Å². The second-order valence-corrected chi connectivity index (χ2v) is 11.7. The van der Waals surface area contributed by atoms with Gasteiger partial charge < -0.3 is 14.6 Å². The van der Waals surface area contributed by atoms with Crippen LogP contribution in [0.4, 0.5) is 0 Å². The molecular formula is C36H31N2O3Pt-. The van der Waals surface area contributed by atoms with Gasteiger partial charge in [-0.3, -0.25) is 4.99 Å². The number of aliphatic imine (C=N–C) groups is 1. The van der Waals surface area contributed by atoms with Crippen molar-refractivity contribution in [3.63, 3.8) is 0 Å². The Hall–Kier alpha value is -3.95. The Labute approximate surface area is 260 Å². The summed E-state index contributed by atoms with van der Waals surface area (Å²) in [5.41, 5.74) is 6.73. The van der Waals surface area contributed by atoms with Crippen LogP contribution in [-0.4, -0.2) is 22.0 Å². The number of phenolic OH excluding ortho intramolecular Hbond substituents is 1. The Bertz CT molecular complexity index is 1820. The first kappa shape index (κ1) is 28.2. The van der Waals surface area contributed by atoms with E-state index in [1.165, 1.54) is 11.1 Å². The van der Waals surface area contributed by atoms with Gasteiger partial charge in [0, 0.05) is 38.3 Å². The van der Waals surface area contributed by atoms with Crippen molar-refractivity contribution in [3.8, 4) is 28.5 Å². The largest absolute Gasteiger partial charge is 0.510 e. The fourth-order valence-corrected chi connectivity index (χ4v) is 6.03. The molecule has 0 unspecified atom stereocenters. The number of pyridine rings is 1. The Morgan fingerprint density at radius 3 is 2.55 bits per heavy atom. The Balaban J connectivity index is 0.00000316. The van der Waals surface area contributed by atoms with E-state index in [4.69, 9.17) is 14.5 Å². The molecule has 0 spiro atoms. The maximum Gasteiger partial charge on any atom is 0.217 e. The molecule has 214 valence electrons. The molecule has 2 aliphatic rings. The number of aromatic hydroxyl groups is 1. The van der Waals surface area contributed by atoms with Crippen molar-refractivity contribution < 1.29 is 35.6 Å². The number of aromatic nitrogens is 1. The average molecular weight is 735 g/mol. The first-order valence-electron chi connectivity index (χ1n) is 14.1. The Morgan fingerprint density at radius 1 is 0.929 bits per heavy atom. The van der Waals surface area contributed by atoms with Crippen molar-refractivity contribution in [1.29, 1.82) is 0 Å². The molecule has 1 aromatic heterocycles. The van der Waals surface area contributed by atoms with Gasteiger partial charge in [-0.1, -0.05) is 91.7 Å². The molecule has 7 rings (SSSR count). The van der Waals surface area contributed by atoms with E-state index in [2.05, 4.69) is 67.4 Å². The van der Waals surface area contributed by atoms with Gasteiger partial charge in [0.15, 0.2) is 0 Å². The van der Waals surface area contributed by atoms with Crippen LogP contribution in [0.2, 0.25) is 0 Å². The number of nitrogens with zero attached hydrogens (tertiary/aromatic N) is 2. The van der Waals surface area contributed by atoms with Crippen molar-refractivity contribution in [2.24, 2.45) is 10.4 Å². The van der Waals surface area contributed by atoms with Crippen LogP contribution in [0.5, 0.6) is 17.4 Å². The van der Waals surface area contributed by atoms with Gasteiger partial charge >= 0.3 is 0 Å². The fourth-order valence-electron chi connectivity index (χ4n) is 6.03. The number of hydrogen-bond donors (Lipinski definition) is 1. The van der Waals surface area contributed by atoms with E-state index in [1.54, 1.807) is 6.07 Å². The summed E-state index contributed by atoms with van der Waals surface area (Å²) in [6.07, 6.45) is 1.91. The standard InChI is InChI=1S/C36H31N2O3.Pt/c1-22-17-25-13-14-31(37-32(25)30(39)18-22)40-28-20-26(23-9-5-4-6-10-23)19-27(21-28)35-38-34-33(41-35)29-12-8-7-11-24(29)15-16-36(34,2)3;/h4-14,17-20,33-34,39H,15-16H2,1-3H3;/q-1;/t33-,34-;/m1./s1. The molecule has 1 aliphatic carbocycles. The van der Waals surface area contributed by atoms with Crippen LogP contribution >= 0.6 is 0 Å². The maximum absolute atomic E-state index is 10.5. The molecule has 5 nitrogen and oxygen atoms in total. The number of aryl methyl sites for hydroxylation is 2. The minimum absolute atomic E-state index is 0. The van der Waals surface area contributed by atoms with E-state index in [9.17, 15) is 5.11 Å². The monoisotopic (exact) mass is 734 g/mol. The molecule has 0 amide bonds. The predicted molar refractivity (Wildman–Crippen MR) is 162 cm³/mol. The van der Waals surface area contributed by atoms with Crippen molar-refractivity contribution >= 4 is 16.8 Å². The van der Waals surface area contributed by atoms with E-state index in [0.29, 0.717) is 23.0 Å². The Morgan fingerprint density at radius 2 is 1.71 bits per heavy atom. The van der Waals surface area contributed by atoms with Gasteiger partial charge in [0.2, 0.25) is 5.88 Å². The van der Waals surface area contributed by atoms with Crippen LogP contribution in [0.15, 0.2) is 96.0 Å². The van der Waals surface area contributed by atoms with Gasteiger partial charge in [-0.05, 0) is 65.6 Å². The summed E-state index contributed by atoms with van der Waals surface area (Å²) in [4.78, 5) is 9.79. The molecule has 1 N–H and O–H groups in total. The van der Waals surface area contributed by atoms with Gasteiger partial charge in [-0.25, -0.2) is 4.98 Å². The molecule has 4 aromatic carbocycles. The van der Waals surface area contributed by atoms with Crippen LogP contribution in [0.3, 0.4) is 0 Å². The number of rotatable bonds is 4. The van der Waals surface area contributed by atoms with Crippen molar-refractivity contribution in [2.45, 2.75) is 45.8 Å². The summed E-state index contributed by atoms with van der Waals surface area (Å²) >= 11 is 0. The number of phenols is 1. The van der Waals surface area contributed by atoms with Gasteiger partial charge in [0.05, 0.1) is 6.04 Å². The summed E-state index contributed by atoms with van der Waals surface area (Å²) in [6, 6.07) is 33.6. The first-order valence-corrected chi connectivity index (χ1v) is 14.1. The van der Waals surface area contributed by atoms with Crippen molar-refractivity contribution in [3.05, 3.63) is 119 Å². The van der Waals surface area contributed by atoms with E-state index in [-0.39, 0.29) is 44.4 Å². The fraction of sp³-hybridized carbons (Fsp3) is 0.222. The van der Waals surface area contributed by atoms with Gasteiger partial charge in [-0.2, -0.15) is 0 Å². The summed E-state index contributed by atoms with van der Waals surface area (Å²) in [6.45, 7) is 6.52. The molecule has 42 heavy (non-hydrogen) atoms. The molecule has 5 aromatic rings. The van der Waals surface area contributed by atoms with E-state index >= 15 is 0 Å². The molecule has 2 atom stereocenters. The van der Waals surface area contributed by atoms with Gasteiger partial charge in [0.1, 0.15) is 23.3 Å². The third kappa shape index (κ3) is 5.23. The van der Waals surface area contributed by atoms with Crippen molar-refractivity contribution in [1.82, 2.24) is 4.98 Å². The Kier molecular flexibility index (Phi) is 7.41. The number of ether oxygens (including phenoxy) is 2. The summed E-state index contributed by atoms with van der Waals surface area (Å²) in [5.74, 6) is 1.58. The zero-order chi connectivity index (χ0) is 28.1. The van der Waals surface area contributed by atoms with Crippen LogP contribution < -0.4 is 4.74 Å². The SMILES string of the molecule is Cc1cc(O)c2nc(Oc3[c-]c(C4=N[C@@H]5[C@H](O4)c4ccccc4CCC5(C)C)cc(-c4ccccc4)c3)ccc2c1.[Pt]. The molecule has 0 fully saturated rings. The molecule has 0 saturated carbocycles. The van der Waals surface area contributed by atoms with Crippen LogP contribution in [0, 0.1) is 18.4 Å². The summed E-state index contributed by atoms with van der Waals surface area (Å²) in [7, 11) is 0. The smallest absolute Gasteiger partial charge is 0.217 e. The number of benzene rings is 4. The minimum atomic E-state index is -0.148. The molecule has 1 aliphatic heterocycles. The first-order chi connectivity index (χ1) is 19.8. The molecular weight excluding hydrogens is 703 g/mol. The average Bonchev–Trinajstić information content (AvgIpc) is 3.40. The third-order valence-corrected chi connectivity index (χ3v) is 8.27. The number of hydrogen-bond acceptors (Lipinski definition) is 5. The summed E-state index contributed by atoms with van der Waals surface area (Å²) in [5, 5.41) is 11.4. The third-order valence-electron chi connectivity index (χ3n) is 8.27. The zero-order valence-corrected chi connectivity index (χ0v) is 26.0. The predicted octanol–water partition coefficient (Wildman–Crippen LogP) is 8.36. The second-order valence-electron chi connectivity index (χ2n) is 11.7. The minimum Gasteiger partial charge on any atom is -0.510 e. The molecule has 0 radical (unpaired) electrons. The zero-order valence-electron chi connectivity index (χ0n) is 23.7. The number of fused-ring (bicyclic) bond motifs is 4. The second kappa shape index (κ2) is 11.0. The normalized spacial score (nSPS) is 18.6. The molecule has 0 saturated heterocycles. The molecule has 2 heterocycles. The van der Waals surface area contributed by atoms with E-state index in [1.807, 2.05) is 49.4 Å². The quantitative estimate of drug-likeness (QED) is 0.189. The van der Waals surface area contributed by atoms with Gasteiger partial charge in [-0.15, -0.1) is 6.07 Å². The van der Waals surface area contributed by atoms with E-state index in [0.717, 1.165) is 40.5 Å². The van der Waals surface area contributed by atoms with Crippen LogP contribution in [0.1, 0.15) is 48.6 Å². The molecule has 0 bridgehead atoms. The maximum atomic E-state index is 10.5. The summed E-state index contributed by atoms with van der Waals surface area (Å²) < 4.78 is 13.0. The van der Waals surface area contributed by atoms with Crippen LogP contribution in [0.25, 0.3) is 22.0 Å².